The molecule has 0 saturated carbocycles. The third-order valence-electron chi connectivity index (χ3n) is 7.16. The molecule has 1 aromatic carbocycles. The van der Waals surface area contributed by atoms with Crippen LogP contribution in [0.2, 0.25) is 5.02 Å². The van der Waals surface area contributed by atoms with Crippen LogP contribution in [0.1, 0.15) is 23.8 Å². The third kappa shape index (κ3) is 6.16. The number of fused-ring (bicyclic) bond motifs is 1. The van der Waals surface area contributed by atoms with E-state index in [1.54, 1.807) is 30.5 Å². The van der Waals surface area contributed by atoms with Gasteiger partial charge in [-0.3, -0.25) is 18.9 Å². The van der Waals surface area contributed by atoms with Gasteiger partial charge in [0.1, 0.15) is 18.4 Å². The maximum Gasteiger partial charge on any atom is 0.407 e. The summed E-state index contributed by atoms with van der Waals surface area (Å²) < 4.78 is 47.3. The van der Waals surface area contributed by atoms with Crippen molar-refractivity contribution in [2.45, 2.75) is 45.6 Å². The molecule has 14 heteroatoms. The molecule has 1 N–H and O–H groups in total. The van der Waals surface area contributed by atoms with Crippen molar-refractivity contribution in [1.82, 2.24) is 19.0 Å². The summed E-state index contributed by atoms with van der Waals surface area (Å²) in [7, 11) is 0. The maximum atomic E-state index is 12.9. The van der Waals surface area contributed by atoms with Gasteiger partial charge in [0.25, 0.3) is 5.56 Å². The molecule has 1 fully saturated rings. The number of nitrogens with zero attached hydrogens (tertiary/aromatic N) is 4. The molecular weight excluding hydrogens is 597 g/mol. The van der Waals surface area contributed by atoms with Crippen LogP contribution in [0.15, 0.2) is 52.3 Å². The van der Waals surface area contributed by atoms with Crippen LogP contribution in [0.25, 0.3) is 21.3 Å². The first kappa shape index (κ1) is 29.6. The molecule has 0 aliphatic carbocycles. The lowest BCUT2D eigenvalue weighted by molar-refractivity contribution is -0.141. The van der Waals surface area contributed by atoms with Crippen molar-refractivity contribution in [3.05, 3.63) is 79.0 Å². The Bertz CT molecular complexity index is 1780. The van der Waals surface area contributed by atoms with Gasteiger partial charge in [0.2, 0.25) is 0 Å². The first-order valence-corrected chi connectivity index (χ1v) is 14.2. The molecule has 222 valence electrons. The topological polar surface area (TPSA) is 107 Å². The van der Waals surface area contributed by atoms with E-state index in [0.717, 1.165) is 28.0 Å². The number of piperidine rings is 1. The van der Waals surface area contributed by atoms with Crippen LogP contribution in [0.4, 0.5) is 18.0 Å². The first-order valence-electron chi connectivity index (χ1n) is 13.0. The fraction of sp³-hybridized carbons (Fsp3) is 0.357. The Hall–Kier alpha value is -3.84. The van der Waals surface area contributed by atoms with E-state index in [-0.39, 0.29) is 18.6 Å². The fourth-order valence-electron chi connectivity index (χ4n) is 5.16. The van der Waals surface area contributed by atoms with E-state index >= 15 is 0 Å². The first-order chi connectivity index (χ1) is 19.8. The Balaban J connectivity index is 1.52. The van der Waals surface area contributed by atoms with Crippen LogP contribution in [-0.2, 0) is 13.1 Å². The molecule has 1 saturated heterocycles. The summed E-state index contributed by atoms with van der Waals surface area (Å²) in [5, 5.41) is 9.85. The molecular formula is C28H26ClF3N4O5S. The minimum Gasteiger partial charge on any atom is -0.489 e. The van der Waals surface area contributed by atoms with Crippen LogP contribution in [0, 0.1) is 12.8 Å². The summed E-state index contributed by atoms with van der Waals surface area (Å²) in [6.45, 7) is 2.77. The van der Waals surface area contributed by atoms with Crippen molar-refractivity contribution < 1.29 is 27.8 Å². The van der Waals surface area contributed by atoms with Gasteiger partial charge in [-0.2, -0.15) is 13.2 Å². The second-order valence-electron chi connectivity index (χ2n) is 10.3. The number of likely N-dealkylation sites (tertiary alicyclic amines) is 1. The number of thiophene rings is 1. The Labute approximate surface area is 246 Å². The highest BCUT2D eigenvalue weighted by molar-refractivity contribution is 7.19. The average Bonchev–Trinajstić information content (AvgIpc) is 3.32. The van der Waals surface area contributed by atoms with Crippen LogP contribution in [0.5, 0.6) is 5.75 Å². The van der Waals surface area contributed by atoms with Crippen molar-refractivity contribution in [3.8, 4) is 16.9 Å². The summed E-state index contributed by atoms with van der Waals surface area (Å²) in [5.41, 5.74) is 1.01. The smallest absolute Gasteiger partial charge is 0.407 e. The standard InChI is InChI=1S/C28H26ClF3N4O5S/c1-15-9-17(29)10-20(24(15)41-22-4-7-34(27(39)40)12-16(22)2)19-3-6-33-21-11-18(42-25(19)21)13-36-23(37)5-8-35(26(36)38)14-28(30,31)32/h3,5-6,8-11,16,22H,4,7,12-14H2,1-2H3,(H,39,40)/t16-,22+/m0/s1. The minimum atomic E-state index is -4.62. The van der Waals surface area contributed by atoms with Crippen molar-refractivity contribution in [3.63, 3.8) is 0 Å². The lowest BCUT2D eigenvalue weighted by Gasteiger charge is -2.36. The van der Waals surface area contributed by atoms with Gasteiger partial charge < -0.3 is 14.7 Å². The second kappa shape index (κ2) is 11.4. The van der Waals surface area contributed by atoms with Crippen LogP contribution in [-0.4, -0.2) is 55.6 Å². The number of carboxylic acid groups (broad SMARTS) is 1. The molecule has 0 radical (unpaired) electrons. The number of aromatic nitrogens is 3. The van der Waals surface area contributed by atoms with E-state index in [1.165, 1.54) is 16.2 Å². The number of ether oxygens (including phenoxy) is 1. The molecule has 1 amide bonds. The average molecular weight is 623 g/mol. The van der Waals surface area contributed by atoms with Crippen molar-refractivity contribution in [1.29, 1.82) is 0 Å². The molecule has 3 aromatic heterocycles. The molecule has 9 nitrogen and oxygen atoms in total. The second-order valence-corrected chi connectivity index (χ2v) is 11.9. The SMILES string of the molecule is Cc1cc(Cl)cc(-c2ccnc3cc(Cn4c(=O)ccn(CC(F)(F)F)c4=O)sc23)c1O[C@@H]1CCN(C(=O)O)C[C@@H]1C. The molecule has 5 rings (SSSR count). The van der Waals surface area contributed by atoms with E-state index in [0.29, 0.717) is 55.5 Å². The lowest BCUT2D eigenvalue weighted by Crippen LogP contribution is -2.46. The highest BCUT2D eigenvalue weighted by Gasteiger charge is 2.31. The van der Waals surface area contributed by atoms with Gasteiger partial charge in [-0.15, -0.1) is 11.3 Å². The number of amides is 1. The zero-order chi connectivity index (χ0) is 30.3. The number of pyridine rings is 1. The largest absolute Gasteiger partial charge is 0.489 e. The summed E-state index contributed by atoms with van der Waals surface area (Å²) in [6.07, 6.45) is -2.86. The maximum absolute atomic E-state index is 12.9. The third-order valence-corrected chi connectivity index (χ3v) is 8.52. The molecule has 0 unspecified atom stereocenters. The lowest BCUT2D eigenvalue weighted by atomic mass is 9.96. The van der Waals surface area contributed by atoms with Gasteiger partial charge in [-0.05, 0) is 36.8 Å². The van der Waals surface area contributed by atoms with E-state index < -0.39 is 30.1 Å². The van der Waals surface area contributed by atoms with Gasteiger partial charge in [0.05, 0.1) is 16.8 Å². The van der Waals surface area contributed by atoms with Crippen molar-refractivity contribution in [2.75, 3.05) is 13.1 Å². The van der Waals surface area contributed by atoms with Crippen molar-refractivity contribution >= 4 is 39.2 Å². The van der Waals surface area contributed by atoms with Gasteiger partial charge in [0.15, 0.2) is 0 Å². The number of aryl methyl sites for hydroxylation is 1. The summed E-state index contributed by atoms with van der Waals surface area (Å²) in [5.74, 6) is 0.533. The number of alkyl halides is 3. The van der Waals surface area contributed by atoms with Crippen LogP contribution >= 0.6 is 22.9 Å². The predicted octanol–water partition coefficient (Wildman–Crippen LogP) is 5.63. The number of carbonyl (C=O) groups is 1. The number of benzene rings is 1. The van der Waals surface area contributed by atoms with E-state index in [1.807, 2.05) is 13.8 Å². The molecule has 4 heterocycles. The van der Waals surface area contributed by atoms with E-state index in [4.69, 9.17) is 16.3 Å². The van der Waals surface area contributed by atoms with Crippen molar-refractivity contribution in [2.24, 2.45) is 5.92 Å². The molecule has 0 bridgehead atoms. The quantitative estimate of drug-likeness (QED) is 0.299. The zero-order valence-corrected chi connectivity index (χ0v) is 24.1. The Morgan fingerprint density at radius 3 is 2.67 bits per heavy atom. The van der Waals surface area contributed by atoms with Crippen LogP contribution in [0.3, 0.4) is 0 Å². The Kier molecular flexibility index (Phi) is 8.08. The van der Waals surface area contributed by atoms with Gasteiger partial charge in [-0.25, -0.2) is 9.59 Å². The Morgan fingerprint density at radius 1 is 1.21 bits per heavy atom. The minimum absolute atomic E-state index is 0.0610. The molecule has 4 aromatic rings. The fourth-order valence-corrected chi connectivity index (χ4v) is 6.56. The molecule has 0 spiro atoms. The molecule has 42 heavy (non-hydrogen) atoms. The van der Waals surface area contributed by atoms with Gasteiger partial charge in [0, 0.05) is 64.9 Å². The Morgan fingerprint density at radius 2 is 1.98 bits per heavy atom. The number of hydrogen-bond acceptors (Lipinski definition) is 6. The highest BCUT2D eigenvalue weighted by Crippen LogP contribution is 2.42. The summed E-state index contributed by atoms with van der Waals surface area (Å²) in [6, 6.07) is 7.97. The van der Waals surface area contributed by atoms with E-state index in [9.17, 15) is 32.7 Å². The summed E-state index contributed by atoms with van der Waals surface area (Å²) >= 11 is 7.72. The number of rotatable bonds is 6. The normalized spacial score (nSPS) is 17.5. The van der Waals surface area contributed by atoms with Gasteiger partial charge in [-0.1, -0.05) is 18.5 Å². The molecule has 1 aliphatic rings. The van der Waals surface area contributed by atoms with E-state index in [2.05, 4.69) is 4.98 Å². The van der Waals surface area contributed by atoms with Crippen LogP contribution < -0.4 is 16.0 Å². The zero-order valence-electron chi connectivity index (χ0n) is 22.5. The van der Waals surface area contributed by atoms with Gasteiger partial charge >= 0.3 is 18.0 Å². The highest BCUT2D eigenvalue weighted by atomic mass is 35.5. The predicted molar refractivity (Wildman–Crippen MR) is 153 cm³/mol. The summed E-state index contributed by atoms with van der Waals surface area (Å²) in [4.78, 5) is 42.9. The number of halogens is 4. The monoisotopic (exact) mass is 622 g/mol. The molecule has 1 aliphatic heterocycles. The number of hydrogen-bond donors (Lipinski definition) is 1. The molecule has 2 atom stereocenters.